The molecule has 41 heavy (non-hydrogen) atoms. The molecule has 0 atom stereocenters. The number of methoxy groups -OCH3 is 1. The van der Waals surface area contributed by atoms with Crippen LogP contribution in [0.4, 0.5) is 0 Å². The maximum absolute atomic E-state index is 13.6. The van der Waals surface area contributed by atoms with Gasteiger partial charge in [0, 0.05) is 56.9 Å². The first-order chi connectivity index (χ1) is 19.9. The fraction of sp³-hybridized carbons (Fsp3) is 0.344. The van der Waals surface area contributed by atoms with Crippen molar-refractivity contribution in [1.29, 1.82) is 5.41 Å². The minimum absolute atomic E-state index is 0.0616. The van der Waals surface area contributed by atoms with Crippen LogP contribution in [0.2, 0.25) is 0 Å². The lowest BCUT2D eigenvalue weighted by Gasteiger charge is -2.22. The molecule has 3 aromatic carbocycles. The topological polar surface area (TPSA) is 132 Å². The standard InChI is InChI=1S/C32H40N6O3/c1-3-41-19-5-17-38-29-14-13-26(32(39)37(18-16-33)22-24-6-4-7-27(20-24)40-2)21-28(29)36-30(38)15-10-23-8-11-25(12-9-23)31(34)35/h4,6-9,11-14,20-21H,3,5,10,15-19,22,33H2,1-2H3,(H3,34,35). The number of nitrogens with one attached hydrogen (secondary N) is 1. The Kier molecular flexibility index (Phi) is 10.5. The molecular formula is C32H40N6O3. The molecular weight excluding hydrogens is 516 g/mol. The highest BCUT2D eigenvalue weighted by molar-refractivity contribution is 5.97. The Balaban J connectivity index is 1.58. The number of nitrogens with zero attached hydrogens (tertiary/aromatic N) is 3. The second-order valence-electron chi connectivity index (χ2n) is 9.91. The Morgan fingerprint density at radius 2 is 1.80 bits per heavy atom. The molecule has 4 aromatic rings. The summed E-state index contributed by atoms with van der Waals surface area (Å²) in [5, 5.41) is 7.61. The van der Waals surface area contributed by atoms with Gasteiger partial charge < -0.3 is 30.4 Å². The molecule has 5 N–H and O–H groups in total. The summed E-state index contributed by atoms with van der Waals surface area (Å²) in [5.74, 6) is 1.69. The Hall–Kier alpha value is -4.21. The van der Waals surface area contributed by atoms with E-state index in [0.717, 1.165) is 59.5 Å². The van der Waals surface area contributed by atoms with Crippen molar-refractivity contribution in [2.24, 2.45) is 11.5 Å². The SMILES string of the molecule is CCOCCCn1c(CCc2ccc(C(=N)N)cc2)nc2cc(C(=O)N(CCN)Cc3cccc(OC)c3)ccc21. The normalized spacial score (nSPS) is 11.1. The van der Waals surface area contributed by atoms with E-state index in [1.807, 2.05) is 73.7 Å². The van der Waals surface area contributed by atoms with E-state index in [-0.39, 0.29) is 11.7 Å². The third-order valence-corrected chi connectivity index (χ3v) is 7.04. The summed E-state index contributed by atoms with van der Waals surface area (Å²) in [5.41, 5.74) is 16.7. The highest BCUT2D eigenvalue weighted by Gasteiger charge is 2.19. The minimum atomic E-state index is -0.0850. The molecule has 0 spiro atoms. The zero-order chi connectivity index (χ0) is 29.2. The van der Waals surface area contributed by atoms with E-state index in [0.29, 0.717) is 44.0 Å². The van der Waals surface area contributed by atoms with Gasteiger partial charge >= 0.3 is 0 Å². The van der Waals surface area contributed by atoms with Gasteiger partial charge in [-0.15, -0.1) is 0 Å². The third-order valence-electron chi connectivity index (χ3n) is 7.04. The number of hydrogen-bond donors (Lipinski definition) is 3. The van der Waals surface area contributed by atoms with Crippen molar-refractivity contribution in [1.82, 2.24) is 14.5 Å². The number of aryl methyl sites for hydroxylation is 3. The highest BCUT2D eigenvalue weighted by Crippen LogP contribution is 2.22. The molecule has 4 rings (SSSR count). The number of nitrogen functional groups attached to an aromatic ring is 1. The number of carbonyl (C=O) groups is 1. The molecule has 0 unspecified atom stereocenters. The molecule has 0 saturated heterocycles. The van der Waals surface area contributed by atoms with Crippen molar-refractivity contribution < 1.29 is 14.3 Å². The molecule has 0 bridgehead atoms. The first-order valence-electron chi connectivity index (χ1n) is 14.1. The highest BCUT2D eigenvalue weighted by atomic mass is 16.5. The van der Waals surface area contributed by atoms with E-state index in [4.69, 9.17) is 31.3 Å². The van der Waals surface area contributed by atoms with E-state index in [9.17, 15) is 4.79 Å². The van der Waals surface area contributed by atoms with Crippen LogP contribution in [0.5, 0.6) is 5.75 Å². The Morgan fingerprint density at radius 1 is 1.02 bits per heavy atom. The molecule has 0 saturated carbocycles. The molecule has 216 valence electrons. The van der Waals surface area contributed by atoms with Crippen LogP contribution < -0.4 is 16.2 Å². The van der Waals surface area contributed by atoms with E-state index in [1.54, 1.807) is 12.0 Å². The smallest absolute Gasteiger partial charge is 0.254 e. The van der Waals surface area contributed by atoms with Gasteiger partial charge in [-0.3, -0.25) is 10.2 Å². The van der Waals surface area contributed by atoms with Gasteiger partial charge in [-0.25, -0.2) is 4.98 Å². The average Bonchev–Trinajstić information content (AvgIpc) is 3.34. The fourth-order valence-corrected chi connectivity index (χ4v) is 4.91. The number of imidazole rings is 1. The number of benzene rings is 3. The summed E-state index contributed by atoms with van der Waals surface area (Å²) in [6, 6.07) is 21.2. The molecule has 1 heterocycles. The maximum Gasteiger partial charge on any atom is 0.254 e. The molecule has 0 fully saturated rings. The summed E-state index contributed by atoms with van der Waals surface area (Å²) in [7, 11) is 1.63. The van der Waals surface area contributed by atoms with Crippen molar-refractivity contribution in [3.63, 3.8) is 0 Å². The molecule has 1 aromatic heterocycles. The number of ether oxygens (including phenoxy) is 2. The molecule has 0 aliphatic carbocycles. The first kappa shape index (κ1) is 29.8. The van der Waals surface area contributed by atoms with Crippen LogP contribution in [0, 0.1) is 5.41 Å². The van der Waals surface area contributed by atoms with Gasteiger partial charge in [0.1, 0.15) is 17.4 Å². The van der Waals surface area contributed by atoms with Crippen molar-refractivity contribution in [2.45, 2.75) is 39.3 Å². The number of fused-ring (bicyclic) bond motifs is 1. The minimum Gasteiger partial charge on any atom is -0.497 e. The fourth-order valence-electron chi connectivity index (χ4n) is 4.91. The molecule has 9 heteroatoms. The molecule has 1 amide bonds. The van der Waals surface area contributed by atoms with Crippen LogP contribution in [-0.4, -0.2) is 59.6 Å². The van der Waals surface area contributed by atoms with E-state index in [2.05, 4.69) is 4.57 Å². The van der Waals surface area contributed by atoms with Crippen molar-refractivity contribution in [3.05, 3.63) is 94.8 Å². The Morgan fingerprint density at radius 3 is 2.51 bits per heavy atom. The summed E-state index contributed by atoms with van der Waals surface area (Å²) in [4.78, 5) is 20.4. The lowest BCUT2D eigenvalue weighted by atomic mass is 10.1. The lowest BCUT2D eigenvalue weighted by molar-refractivity contribution is 0.0748. The van der Waals surface area contributed by atoms with E-state index in [1.165, 1.54) is 0 Å². The van der Waals surface area contributed by atoms with Crippen LogP contribution in [0.3, 0.4) is 0 Å². The predicted molar refractivity (Wildman–Crippen MR) is 162 cm³/mol. The molecule has 9 nitrogen and oxygen atoms in total. The van der Waals surface area contributed by atoms with Crippen molar-refractivity contribution >= 4 is 22.8 Å². The van der Waals surface area contributed by atoms with Gasteiger partial charge in [-0.05, 0) is 61.2 Å². The van der Waals surface area contributed by atoms with Crippen LogP contribution in [0.15, 0.2) is 66.7 Å². The predicted octanol–water partition coefficient (Wildman–Crippen LogP) is 4.14. The second kappa shape index (κ2) is 14.4. The van der Waals surface area contributed by atoms with Crippen molar-refractivity contribution in [3.8, 4) is 5.75 Å². The first-order valence-corrected chi connectivity index (χ1v) is 14.1. The Bertz CT molecular complexity index is 1460. The lowest BCUT2D eigenvalue weighted by Crippen LogP contribution is -2.34. The quantitative estimate of drug-likeness (QED) is 0.115. The number of aromatic nitrogens is 2. The van der Waals surface area contributed by atoms with Crippen molar-refractivity contribution in [2.75, 3.05) is 33.4 Å². The Labute approximate surface area is 241 Å². The number of amidine groups is 1. The number of amides is 1. The van der Waals surface area contributed by atoms with E-state index >= 15 is 0 Å². The number of rotatable bonds is 15. The van der Waals surface area contributed by atoms with Crippen LogP contribution in [0.25, 0.3) is 11.0 Å². The molecule has 0 aliphatic rings. The summed E-state index contributed by atoms with van der Waals surface area (Å²) in [6.07, 6.45) is 2.40. The van der Waals surface area contributed by atoms with Gasteiger partial charge in [-0.1, -0.05) is 36.4 Å². The molecule has 0 radical (unpaired) electrons. The third kappa shape index (κ3) is 7.71. The van der Waals surface area contributed by atoms with Crippen LogP contribution >= 0.6 is 0 Å². The summed E-state index contributed by atoms with van der Waals surface area (Å²) in [6.45, 7) is 5.38. The monoisotopic (exact) mass is 556 g/mol. The number of hydrogen-bond acceptors (Lipinski definition) is 6. The second-order valence-corrected chi connectivity index (χ2v) is 9.91. The van der Waals surface area contributed by atoms with Gasteiger partial charge in [-0.2, -0.15) is 0 Å². The van der Waals surface area contributed by atoms with Gasteiger partial charge in [0.2, 0.25) is 0 Å². The maximum atomic E-state index is 13.6. The zero-order valence-electron chi connectivity index (χ0n) is 23.9. The van der Waals surface area contributed by atoms with Crippen LogP contribution in [-0.2, 0) is 30.7 Å². The van der Waals surface area contributed by atoms with E-state index < -0.39 is 0 Å². The van der Waals surface area contributed by atoms with Gasteiger partial charge in [0.25, 0.3) is 5.91 Å². The average molecular weight is 557 g/mol. The number of nitrogens with two attached hydrogens (primary N) is 2. The van der Waals surface area contributed by atoms with Crippen LogP contribution in [0.1, 0.15) is 46.2 Å². The van der Waals surface area contributed by atoms with Gasteiger partial charge in [0.15, 0.2) is 0 Å². The largest absolute Gasteiger partial charge is 0.497 e. The zero-order valence-corrected chi connectivity index (χ0v) is 23.9. The summed E-state index contributed by atoms with van der Waals surface area (Å²) < 4.78 is 13.2. The molecule has 0 aliphatic heterocycles. The van der Waals surface area contributed by atoms with Gasteiger partial charge in [0.05, 0.1) is 18.1 Å². The number of carbonyl (C=O) groups excluding carboxylic acids is 1. The summed E-state index contributed by atoms with van der Waals surface area (Å²) >= 11 is 0.